The van der Waals surface area contributed by atoms with Crippen LogP contribution in [-0.2, 0) is 6.42 Å². The highest BCUT2D eigenvalue weighted by molar-refractivity contribution is 5.26. The third-order valence-corrected chi connectivity index (χ3v) is 4.80. The Hall–Kier alpha value is -0.820. The highest BCUT2D eigenvalue weighted by atomic mass is 14.9. The summed E-state index contributed by atoms with van der Waals surface area (Å²) in [6.07, 6.45) is 6.82. The second kappa shape index (κ2) is 6.38. The van der Waals surface area contributed by atoms with E-state index in [4.69, 9.17) is 0 Å². The highest BCUT2D eigenvalue weighted by Crippen LogP contribution is 2.35. The molecular weight excluding hydrogens is 218 g/mol. The summed E-state index contributed by atoms with van der Waals surface area (Å²) in [7, 11) is 2.13. The van der Waals surface area contributed by atoms with E-state index < -0.39 is 0 Å². The van der Waals surface area contributed by atoms with Gasteiger partial charge in [-0.2, -0.15) is 0 Å². The van der Waals surface area contributed by atoms with Crippen molar-refractivity contribution < 1.29 is 0 Å². The molecule has 0 radical (unpaired) electrons. The molecule has 0 aromatic heterocycles. The number of likely N-dealkylation sites (N-methyl/N-ethyl adjacent to an activating group) is 1. The van der Waals surface area contributed by atoms with Crippen molar-refractivity contribution in [3.05, 3.63) is 35.4 Å². The molecule has 1 fully saturated rings. The normalized spacial score (nSPS) is 25.3. The third kappa shape index (κ3) is 3.14. The average Bonchev–Trinajstić information content (AvgIpc) is 2.86. The van der Waals surface area contributed by atoms with Crippen molar-refractivity contribution in [2.45, 2.75) is 52.0 Å². The third-order valence-electron chi connectivity index (χ3n) is 4.80. The van der Waals surface area contributed by atoms with Crippen molar-refractivity contribution in [2.75, 3.05) is 7.05 Å². The molecular formula is C17H27N. The molecule has 1 N–H and O–H groups in total. The second-order valence-electron chi connectivity index (χ2n) is 5.87. The number of hydrogen-bond donors (Lipinski definition) is 1. The van der Waals surface area contributed by atoms with Gasteiger partial charge in [-0.25, -0.2) is 0 Å². The second-order valence-corrected chi connectivity index (χ2v) is 5.87. The Morgan fingerprint density at radius 2 is 2.06 bits per heavy atom. The van der Waals surface area contributed by atoms with Crippen LogP contribution in [0, 0.1) is 18.8 Å². The quantitative estimate of drug-likeness (QED) is 0.828. The lowest BCUT2D eigenvalue weighted by Gasteiger charge is -2.24. The van der Waals surface area contributed by atoms with E-state index in [0.717, 1.165) is 11.8 Å². The Balaban J connectivity index is 2.00. The Morgan fingerprint density at radius 3 is 2.67 bits per heavy atom. The molecule has 0 amide bonds. The monoisotopic (exact) mass is 245 g/mol. The maximum atomic E-state index is 3.56. The molecule has 1 aliphatic carbocycles. The van der Waals surface area contributed by atoms with Gasteiger partial charge in [0, 0.05) is 6.04 Å². The van der Waals surface area contributed by atoms with Gasteiger partial charge in [-0.05, 0) is 56.2 Å². The van der Waals surface area contributed by atoms with E-state index in [1.54, 1.807) is 0 Å². The number of benzene rings is 1. The van der Waals surface area contributed by atoms with E-state index in [0.29, 0.717) is 6.04 Å². The lowest BCUT2D eigenvalue weighted by molar-refractivity contribution is 0.361. The van der Waals surface area contributed by atoms with Crippen LogP contribution in [-0.4, -0.2) is 13.1 Å². The minimum atomic E-state index is 0.655. The molecule has 0 spiro atoms. The van der Waals surface area contributed by atoms with E-state index in [1.165, 1.54) is 43.2 Å². The summed E-state index contributed by atoms with van der Waals surface area (Å²) >= 11 is 0. The first-order valence-corrected chi connectivity index (χ1v) is 7.46. The lowest BCUT2D eigenvalue weighted by Crippen LogP contribution is -2.34. The van der Waals surface area contributed by atoms with Gasteiger partial charge in [0.2, 0.25) is 0 Å². The molecule has 1 nitrogen and oxygen atoms in total. The number of aryl methyl sites for hydroxylation is 1. The first kappa shape index (κ1) is 13.6. The van der Waals surface area contributed by atoms with E-state index in [2.05, 4.69) is 50.5 Å². The molecule has 0 saturated heterocycles. The van der Waals surface area contributed by atoms with Gasteiger partial charge in [-0.15, -0.1) is 0 Å². The fourth-order valence-corrected chi connectivity index (χ4v) is 3.43. The first-order chi connectivity index (χ1) is 8.74. The SMILES string of the molecule is CCC1CCC(C(Cc2ccccc2C)NC)C1. The minimum absolute atomic E-state index is 0.655. The van der Waals surface area contributed by atoms with Crippen LogP contribution in [0.25, 0.3) is 0 Å². The zero-order valence-corrected chi connectivity index (χ0v) is 12.1. The molecule has 1 aromatic rings. The summed E-state index contributed by atoms with van der Waals surface area (Å²) in [6.45, 7) is 4.56. The molecule has 1 aliphatic rings. The summed E-state index contributed by atoms with van der Waals surface area (Å²) in [4.78, 5) is 0. The predicted molar refractivity (Wildman–Crippen MR) is 78.9 cm³/mol. The van der Waals surface area contributed by atoms with Crippen LogP contribution in [0.2, 0.25) is 0 Å². The summed E-state index contributed by atoms with van der Waals surface area (Å²) in [5.74, 6) is 1.85. The summed E-state index contributed by atoms with van der Waals surface area (Å²) in [6, 6.07) is 9.47. The Bertz CT molecular complexity index is 372. The zero-order chi connectivity index (χ0) is 13.0. The molecule has 2 rings (SSSR count). The van der Waals surface area contributed by atoms with Gasteiger partial charge in [-0.3, -0.25) is 0 Å². The topological polar surface area (TPSA) is 12.0 Å². The smallest absolute Gasteiger partial charge is 0.0133 e. The van der Waals surface area contributed by atoms with Crippen molar-refractivity contribution in [3.63, 3.8) is 0 Å². The van der Waals surface area contributed by atoms with Crippen molar-refractivity contribution >= 4 is 0 Å². The van der Waals surface area contributed by atoms with Gasteiger partial charge in [0.05, 0.1) is 0 Å². The van der Waals surface area contributed by atoms with Crippen LogP contribution >= 0.6 is 0 Å². The molecule has 3 unspecified atom stereocenters. The molecule has 100 valence electrons. The van der Waals surface area contributed by atoms with Crippen LogP contribution < -0.4 is 5.32 Å². The largest absolute Gasteiger partial charge is 0.316 e. The van der Waals surface area contributed by atoms with Gasteiger partial charge in [0.25, 0.3) is 0 Å². The van der Waals surface area contributed by atoms with Crippen molar-refractivity contribution in [1.82, 2.24) is 5.32 Å². The number of hydrogen-bond acceptors (Lipinski definition) is 1. The molecule has 0 heterocycles. The van der Waals surface area contributed by atoms with E-state index in [1.807, 2.05) is 0 Å². The van der Waals surface area contributed by atoms with Crippen molar-refractivity contribution in [1.29, 1.82) is 0 Å². The lowest BCUT2D eigenvalue weighted by atomic mass is 9.90. The molecule has 1 heteroatoms. The maximum Gasteiger partial charge on any atom is 0.0133 e. The van der Waals surface area contributed by atoms with E-state index in [9.17, 15) is 0 Å². The Morgan fingerprint density at radius 1 is 1.28 bits per heavy atom. The van der Waals surface area contributed by atoms with Crippen LogP contribution in [0.5, 0.6) is 0 Å². The maximum absolute atomic E-state index is 3.56. The molecule has 1 aromatic carbocycles. The Labute approximate surface area is 112 Å². The highest BCUT2D eigenvalue weighted by Gasteiger charge is 2.29. The Kier molecular flexibility index (Phi) is 4.82. The van der Waals surface area contributed by atoms with E-state index >= 15 is 0 Å². The minimum Gasteiger partial charge on any atom is -0.316 e. The molecule has 18 heavy (non-hydrogen) atoms. The van der Waals surface area contributed by atoms with Crippen molar-refractivity contribution in [3.8, 4) is 0 Å². The number of nitrogens with one attached hydrogen (secondary N) is 1. The van der Waals surface area contributed by atoms with Gasteiger partial charge >= 0.3 is 0 Å². The van der Waals surface area contributed by atoms with Crippen LogP contribution in [0.4, 0.5) is 0 Å². The predicted octanol–water partition coefficient (Wildman–Crippen LogP) is 3.95. The van der Waals surface area contributed by atoms with Crippen LogP contribution in [0.1, 0.15) is 43.7 Å². The van der Waals surface area contributed by atoms with Gasteiger partial charge < -0.3 is 5.32 Å². The number of rotatable bonds is 5. The van der Waals surface area contributed by atoms with Crippen LogP contribution in [0.3, 0.4) is 0 Å². The van der Waals surface area contributed by atoms with Crippen molar-refractivity contribution in [2.24, 2.45) is 11.8 Å². The fraction of sp³-hybridized carbons (Fsp3) is 0.647. The van der Waals surface area contributed by atoms with Crippen LogP contribution in [0.15, 0.2) is 24.3 Å². The first-order valence-electron chi connectivity index (χ1n) is 7.46. The summed E-state index contributed by atoms with van der Waals surface area (Å²) in [5, 5.41) is 3.56. The average molecular weight is 245 g/mol. The van der Waals surface area contributed by atoms with Gasteiger partial charge in [0.15, 0.2) is 0 Å². The molecule has 1 saturated carbocycles. The molecule has 0 aliphatic heterocycles. The summed E-state index contributed by atoms with van der Waals surface area (Å²) in [5.41, 5.74) is 2.94. The zero-order valence-electron chi connectivity index (χ0n) is 12.1. The van der Waals surface area contributed by atoms with Gasteiger partial charge in [-0.1, -0.05) is 44.0 Å². The standard InChI is InChI=1S/C17H27N/c1-4-14-9-10-16(11-14)17(18-3)12-15-8-6-5-7-13(15)2/h5-8,14,16-18H,4,9-12H2,1-3H3. The molecule has 0 bridgehead atoms. The molecule has 3 atom stereocenters. The summed E-state index contributed by atoms with van der Waals surface area (Å²) < 4.78 is 0. The van der Waals surface area contributed by atoms with E-state index in [-0.39, 0.29) is 0 Å². The van der Waals surface area contributed by atoms with Gasteiger partial charge in [0.1, 0.15) is 0 Å². The fourth-order valence-electron chi connectivity index (χ4n) is 3.43.